The molecule has 1 fully saturated rings. The van der Waals surface area contributed by atoms with Gasteiger partial charge in [0, 0.05) is 11.7 Å². The maximum Gasteiger partial charge on any atom is 0.416 e. The van der Waals surface area contributed by atoms with E-state index in [2.05, 4.69) is 10.6 Å². The normalized spacial score (nSPS) is 22.7. The van der Waals surface area contributed by atoms with E-state index in [1.165, 1.54) is 12.1 Å². The fourth-order valence-electron chi connectivity index (χ4n) is 2.32. The topological polar surface area (TPSA) is 61.4 Å². The van der Waals surface area contributed by atoms with E-state index in [0.29, 0.717) is 31.4 Å². The van der Waals surface area contributed by atoms with Crippen molar-refractivity contribution in [1.29, 1.82) is 0 Å². The summed E-state index contributed by atoms with van der Waals surface area (Å²) in [7, 11) is 0. The number of carbonyl (C=O) groups excluding carboxylic acids is 1. The van der Waals surface area contributed by atoms with E-state index in [-0.39, 0.29) is 12.1 Å². The summed E-state index contributed by atoms with van der Waals surface area (Å²) in [4.78, 5) is 11.7. The Morgan fingerprint density at radius 2 is 1.67 bits per heavy atom. The van der Waals surface area contributed by atoms with Crippen LogP contribution in [0.15, 0.2) is 24.3 Å². The first-order valence-corrected chi connectivity index (χ1v) is 6.77. The zero-order valence-corrected chi connectivity index (χ0v) is 11.3. The molecule has 0 aliphatic heterocycles. The van der Waals surface area contributed by atoms with Crippen molar-refractivity contribution in [3.05, 3.63) is 29.8 Å². The van der Waals surface area contributed by atoms with Gasteiger partial charge in [-0.1, -0.05) is 0 Å². The minimum atomic E-state index is -4.39. The van der Waals surface area contributed by atoms with Gasteiger partial charge in [0.15, 0.2) is 0 Å². The highest BCUT2D eigenvalue weighted by Crippen LogP contribution is 2.29. The summed E-state index contributed by atoms with van der Waals surface area (Å²) in [6, 6.07) is 3.82. The molecule has 2 rings (SSSR count). The fraction of sp³-hybridized carbons (Fsp3) is 0.500. The lowest BCUT2D eigenvalue weighted by Gasteiger charge is -2.26. The molecule has 2 amide bonds. The van der Waals surface area contributed by atoms with Crippen molar-refractivity contribution in [2.75, 3.05) is 5.32 Å². The first kappa shape index (κ1) is 15.6. The van der Waals surface area contributed by atoms with Crippen LogP contribution in [0.1, 0.15) is 31.2 Å². The number of aliphatic hydroxyl groups excluding tert-OH is 1. The number of aliphatic hydroxyl groups is 1. The van der Waals surface area contributed by atoms with Crippen LogP contribution in [-0.4, -0.2) is 23.3 Å². The molecule has 1 aromatic rings. The Balaban J connectivity index is 1.85. The largest absolute Gasteiger partial charge is 0.416 e. The molecule has 0 atom stereocenters. The van der Waals surface area contributed by atoms with Gasteiger partial charge < -0.3 is 15.7 Å². The van der Waals surface area contributed by atoms with Gasteiger partial charge in [-0.3, -0.25) is 0 Å². The van der Waals surface area contributed by atoms with E-state index >= 15 is 0 Å². The number of hydrogen-bond donors (Lipinski definition) is 3. The first-order chi connectivity index (χ1) is 9.84. The van der Waals surface area contributed by atoms with Gasteiger partial charge in [-0.15, -0.1) is 0 Å². The van der Waals surface area contributed by atoms with Crippen LogP contribution in [0.2, 0.25) is 0 Å². The molecular formula is C14H17F3N2O2. The predicted octanol–water partition coefficient (Wildman–Crippen LogP) is 3.13. The summed E-state index contributed by atoms with van der Waals surface area (Å²) in [5.41, 5.74) is -0.453. The standard InChI is InChI=1S/C14H17F3N2O2/c15-14(16,17)9-1-3-10(4-2-9)18-13(21)19-11-5-7-12(20)8-6-11/h1-4,11-12,20H,5-8H2,(H2,18,19,21)/t11-,12-. The number of amides is 2. The average Bonchev–Trinajstić information content (AvgIpc) is 2.41. The van der Waals surface area contributed by atoms with Crippen molar-refractivity contribution in [3.63, 3.8) is 0 Å². The van der Waals surface area contributed by atoms with Gasteiger partial charge in [0.2, 0.25) is 0 Å². The number of halogens is 3. The molecule has 21 heavy (non-hydrogen) atoms. The molecule has 1 saturated carbocycles. The van der Waals surface area contributed by atoms with Gasteiger partial charge >= 0.3 is 12.2 Å². The predicted molar refractivity (Wildman–Crippen MR) is 71.9 cm³/mol. The molecule has 0 unspecified atom stereocenters. The Morgan fingerprint density at radius 1 is 1.10 bits per heavy atom. The van der Waals surface area contributed by atoms with Crippen molar-refractivity contribution in [3.8, 4) is 0 Å². The number of nitrogens with one attached hydrogen (secondary N) is 2. The average molecular weight is 302 g/mol. The maximum atomic E-state index is 12.4. The molecule has 0 saturated heterocycles. The summed E-state index contributed by atoms with van der Waals surface area (Å²) in [6.07, 6.45) is -2.01. The zero-order valence-electron chi connectivity index (χ0n) is 11.3. The van der Waals surface area contributed by atoms with E-state index in [1.54, 1.807) is 0 Å². The second kappa shape index (κ2) is 6.34. The number of rotatable bonds is 2. The van der Waals surface area contributed by atoms with Crippen LogP contribution in [-0.2, 0) is 6.18 Å². The van der Waals surface area contributed by atoms with Crippen molar-refractivity contribution in [2.24, 2.45) is 0 Å². The summed E-state index contributed by atoms with van der Waals surface area (Å²) in [5.74, 6) is 0. The van der Waals surface area contributed by atoms with Crippen LogP contribution < -0.4 is 10.6 Å². The van der Waals surface area contributed by atoms with Gasteiger partial charge in [0.25, 0.3) is 0 Å². The Labute approximate surface area is 120 Å². The molecule has 4 nitrogen and oxygen atoms in total. The minimum absolute atomic E-state index is 0.0113. The van der Waals surface area contributed by atoms with E-state index < -0.39 is 17.8 Å². The van der Waals surface area contributed by atoms with E-state index in [0.717, 1.165) is 12.1 Å². The Kier molecular flexibility index (Phi) is 4.72. The third kappa shape index (κ3) is 4.63. The van der Waals surface area contributed by atoms with Crippen LogP contribution in [0.4, 0.5) is 23.7 Å². The number of alkyl halides is 3. The molecule has 7 heteroatoms. The van der Waals surface area contributed by atoms with Crippen LogP contribution >= 0.6 is 0 Å². The van der Waals surface area contributed by atoms with Gasteiger partial charge in [-0.2, -0.15) is 13.2 Å². The second-order valence-corrected chi connectivity index (χ2v) is 5.18. The van der Waals surface area contributed by atoms with Crippen molar-refractivity contribution < 1.29 is 23.1 Å². The highest BCUT2D eigenvalue weighted by Gasteiger charge is 2.30. The van der Waals surface area contributed by atoms with Crippen molar-refractivity contribution >= 4 is 11.7 Å². The summed E-state index contributed by atoms with van der Waals surface area (Å²) in [5, 5.41) is 14.6. The van der Waals surface area contributed by atoms with Crippen LogP contribution in [0.5, 0.6) is 0 Å². The summed E-state index contributed by atoms with van der Waals surface area (Å²) < 4.78 is 37.2. The molecule has 0 bridgehead atoms. The second-order valence-electron chi connectivity index (χ2n) is 5.18. The van der Waals surface area contributed by atoms with E-state index in [1.807, 2.05) is 0 Å². The quantitative estimate of drug-likeness (QED) is 0.786. The lowest BCUT2D eigenvalue weighted by atomic mass is 9.93. The van der Waals surface area contributed by atoms with Crippen molar-refractivity contribution in [2.45, 2.75) is 44.0 Å². The highest BCUT2D eigenvalue weighted by molar-refractivity contribution is 5.89. The van der Waals surface area contributed by atoms with Gasteiger partial charge in [0.1, 0.15) is 0 Å². The molecule has 3 N–H and O–H groups in total. The van der Waals surface area contributed by atoms with Gasteiger partial charge in [-0.25, -0.2) is 4.79 Å². The monoisotopic (exact) mass is 302 g/mol. The smallest absolute Gasteiger partial charge is 0.393 e. The molecule has 0 aromatic heterocycles. The third-order valence-corrected chi connectivity index (χ3v) is 3.50. The molecule has 0 radical (unpaired) electrons. The zero-order chi connectivity index (χ0) is 15.5. The number of hydrogen-bond acceptors (Lipinski definition) is 2. The highest BCUT2D eigenvalue weighted by atomic mass is 19.4. The molecule has 0 spiro atoms. The van der Waals surface area contributed by atoms with Gasteiger partial charge in [0.05, 0.1) is 11.7 Å². The number of urea groups is 1. The molecule has 0 heterocycles. The molecule has 1 aromatic carbocycles. The van der Waals surface area contributed by atoms with E-state index in [9.17, 15) is 23.1 Å². The SMILES string of the molecule is O=C(Nc1ccc(C(F)(F)F)cc1)N[C@H]1CC[C@H](O)CC1. The lowest BCUT2D eigenvalue weighted by Crippen LogP contribution is -2.40. The number of benzene rings is 1. The fourth-order valence-corrected chi connectivity index (χ4v) is 2.32. The summed E-state index contributed by atoms with van der Waals surface area (Å²) >= 11 is 0. The van der Waals surface area contributed by atoms with Crippen LogP contribution in [0.3, 0.4) is 0 Å². The number of carbonyl (C=O) groups is 1. The van der Waals surface area contributed by atoms with E-state index in [4.69, 9.17) is 0 Å². The molecule has 116 valence electrons. The molecular weight excluding hydrogens is 285 g/mol. The first-order valence-electron chi connectivity index (χ1n) is 6.77. The Hall–Kier alpha value is -1.76. The molecule has 1 aliphatic carbocycles. The maximum absolute atomic E-state index is 12.4. The van der Waals surface area contributed by atoms with Gasteiger partial charge in [-0.05, 0) is 49.9 Å². The lowest BCUT2D eigenvalue weighted by molar-refractivity contribution is -0.137. The Morgan fingerprint density at radius 3 is 2.19 bits per heavy atom. The van der Waals surface area contributed by atoms with Crippen LogP contribution in [0.25, 0.3) is 0 Å². The summed E-state index contributed by atoms with van der Waals surface area (Å²) in [6.45, 7) is 0. The minimum Gasteiger partial charge on any atom is -0.393 e. The Bertz CT molecular complexity index is 480. The van der Waals surface area contributed by atoms with Crippen molar-refractivity contribution in [1.82, 2.24) is 5.32 Å². The third-order valence-electron chi connectivity index (χ3n) is 3.50. The molecule has 1 aliphatic rings. The van der Waals surface area contributed by atoms with Crippen LogP contribution in [0, 0.1) is 0 Å². The number of anilines is 1.